The molecule has 1 heterocycles. The number of hydrogen-bond donors (Lipinski definition) is 1. The van der Waals surface area contributed by atoms with Crippen LogP contribution in [0.2, 0.25) is 0 Å². The molecule has 0 aromatic heterocycles. The zero-order valence-electron chi connectivity index (χ0n) is 17.0. The van der Waals surface area contributed by atoms with Gasteiger partial charge in [0.25, 0.3) is 0 Å². The monoisotopic (exact) mass is 456 g/mol. The van der Waals surface area contributed by atoms with Crippen LogP contribution in [0, 0.1) is 5.82 Å². The third-order valence-corrected chi connectivity index (χ3v) is 7.02. The van der Waals surface area contributed by atoms with E-state index in [1.807, 2.05) is 12.1 Å². The predicted molar refractivity (Wildman–Crippen MR) is 115 cm³/mol. The highest BCUT2D eigenvalue weighted by Gasteiger charge is 2.38. The van der Waals surface area contributed by atoms with Gasteiger partial charge in [0.1, 0.15) is 18.2 Å². The van der Waals surface area contributed by atoms with Crippen LogP contribution in [0.3, 0.4) is 0 Å². The second-order valence-corrected chi connectivity index (χ2v) is 9.13. The molecule has 1 aliphatic heterocycles. The van der Waals surface area contributed by atoms with Gasteiger partial charge in [-0.2, -0.15) is 4.31 Å². The van der Waals surface area contributed by atoms with Gasteiger partial charge in [0.05, 0.1) is 4.90 Å². The van der Waals surface area contributed by atoms with Gasteiger partial charge in [0.2, 0.25) is 10.0 Å². The fraction of sp³-hybridized carbons (Fsp3) is 0.174. The number of carbonyl (C=O) groups excluding carboxylic acids is 1. The summed E-state index contributed by atoms with van der Waals surface area (Å²) in [5, 5.41) is 0. The van der Waals surface area contributed by atoms with Crippen molar-refractivity contribution in [2.24, 2.45) is 5.73 Å². The number of halogens is 1. The lowest BCUT2D eigenvalue weighted by atomic mass is 10.00. The second-order valence-electron chi connectivity index (χ2n) is 7.24. The van der Waals surface area contributed by atoms with Crippen LogP contribution < -0.4 is 10.5 Å². The minimum absolute atomic E-state index is 0.0316. The number of hydrogen-bond acceptors (Lipinski definition) is 5. The SMILES string of the molecule is NC(=O)O[C@@H]1c2ccccc2CCN1S(=O)(=O)c1ccc(OCc2ccc(F)cc2)cc1. The summed E-state index contributed by atoms with van der Waals surface area (Å²) in [4.78, 5) is 11.5. The van der Waals surface area contributed by atoms with Crippen molar-refractivity contribution in [2.75, 3.05) is 6.54 Å². The Morgan fingerprint density at radius 3 is 2.41 bits per heavy atom. The first-order valence-electron chi connectivity index (χ1n) is 9.87. The Kier molecular flexibility index (Phi) is 6.11. The molecule has 0 spiro atoms. The van der Waals surface area contributed by atoms with Gasteiger partial charge in [-0.25, -0.2) is 17.6 Å². The maximum absolute atomic E-state index is 13.3. The van der Waals surface area contributed by atoms with Gasteiger partial charge >= 0.3 is 6.09 Å². The van der Waals surface area contributed by atoms with E-state index in [9.17, 15) is 17.6 Å². The van der Waals surface area contributed by atoms with Gasteiger partial charge in [0.15, 0.2) is 6.23 Å². The van der Waals surface area contributed by atoms with Crippen LogP contribution in [-0.2, 0) is 27.8 Å². The number of rotatable bonds is 6. The number of benzene rings is 3. The summed E-state index contributed by atoms with van der Waals surface area (Å²) in [5.74, 6) is 0.129. The van der Waals surface area contributed by atoms with Crippen LogP contribution in [0.15, 0.2) is 77.7 Å². The Bertz CT molecular complexity index is 1210. The fourth-order valence-electron chi connectivity index (χ4n) is 3.57. The van der Waals surface area contributed by atoms with E-state index in [2.05, 4.69) is 0 Å². The lowest BCUT2D eigenvalue weighted by Gasteiger charge is -2.35. The summed E-state index contributed by atoms with van der Waals surface area (Å²) >= 11 is 0. The van der Waals surface area contributed by atoms with Gasteiger partial charge in [-0.3, -0.25) is 0 Å². The molecule has 166 valence electrons. The van der Waals surface area contributed by atoms with E-state index >= 15 is 0 Å². The van der Waals surface area contributed by atoms with E-state index in [4.69, 9.17) is 15.2 Å². The third-order valence-electron chi connectivity index (χ3n) is 5.16. The highest BCUT2D eigenvalue weighted by atomic mass is 32.2. The smallest absolute Gasteiger partial charge is 0.406 e. The molecule has 32 heavy (non-hydrogen) atoms. The van der Waals surface area contributed by atoms with Crippen LogP contribution in [0.25, 0.3) is 0 Å². The number of sulfonamides is 1. The van der Waals surface area contributed by atoms with Crippen molar-refractivity contribution in [3.63, 3.8) is 0 Å². The zero-order chi connectivity index (χ0) is 22.7. The maximum atomic E-state index is 13.3. The Labute approximate surface area is 185 Å². The van der Waals surface area contributed by atoms with Crippen molar-refractivity contribution in [1.29, 1.82) is 0 Å². The molecule has 0 unspecified atom stereocenters. The van der Waals surface area contributed by atoms with Crippen molar-refractivity contribution in [3.05, 3.63) is 95.3 Å². The highest BCUT2D eigenvalue weighted by Crippen LogP contribution is 2.35. The summed E-state index contributed by atoms with van der Waals surface area (Å²) in [6, 6.07) is 19.0. The van der Waals surface area contributed by atoms with Crippen LogP contribution in [0.1, 0.15) is 22.9 Å². The van der Waals surface area contributed by atoms with E-state index in [0.29, 0.717) is 17.7 Å². The summed E-state index contributed by atoms with van der Waals surface area (Å²) in [6.07, 6.45) is -1.72. The molecule has 1 aliphatic rings. The molecule has 0 bridgehead atoms. The summed E-state index contributed by atoms with van der Waals surface area (Å²) in [7, 11) is -3.98. The standard InChI is InChI=1S/C23H21FN2O5S/c24-18-7-5-16(6-8-18)15-30-19-9-11-20(12-10-19)32(28,29)26-14-13-17-3-1-2-4-21(17)22(26)31-23(25)27/h1-12,22H,13-15H2,(H2,25,27)/t22-/m1/s1. The van der Waals surface area contributed by atoms with E-state index in [-0.39, 0.29) is 23.9 Å². The van der Waals surface area contributed by atoms with E-state index < -0.39 is 22.3 Å². The van der Waals surface area contributed by atoms with Crippen molar-refractivity contribution >= 4 is 16.1 Å². The number of primary amides is 1. The van der Waals surface area contributed by atoms with Crippen LogP contribution in [0.5, 0.6) is 5.75 Å². The molecule has 0 fully saturated rings. The van der Waals surface area contributed by atoms with Crippen LogP contribution >= 0.6 is 0 Å². The van der Waals surface area contributed by atoms with Crippen molar-refractivity contribution in [2.45, 2.75) is 24.2 Å². The fourth-order valence-corrected chi connectivity index (χ4v) is 5.07. The molecule has 0 aliphatic carbocycles. The topological polar surface area (TPSA) is 98.9 Å². The van der Waals surface area contributed by atoms with E-state index in [1.165, 1.54) is 36.4 Å². The molecular weight excluding hydrogens is 435 g/mol. The molecule has 0 radical (unpaired) electrons. The van der Waals surface area contributed by atoms with Crippen LogP contribution in [0.4, 0.5) is 9.18 Å². The molecule has 2 N–H and O–H groups in total. The van der Waals surface area contributed by atoms with Crippen molar-refractivity contribution in [1.82, 2.24) is 4.31 Å². The van der Waals surface area contributed by atoms with Gasteiger partial charge in [-0.05, 0) is 53.9 Å². The Balaban J connectivity index is 1.54. The van der Waals surface area contributed by atoms with Crippen molar-refractivity contribution in [3.8, 4) is 5.75 Å². The molecule has 1 amide bonds. The second kappa shape index (κ2) is 8.97. The van der Waals surface area contributed by atoms with E-state index in [1.54, 1.807) is 24.3 Å². The summed E-state index contributed by atoms with van der Waals surface area (Å²) < 4.78 is 51.6. The molecule has 1 atom stereocenters. The molecule has 4 rings (SSSR count). The lowest BCUT2D eigenvalue weighted by Crippen LogP contribution is -2.42. The molecule has 0 saturated carbocycles. The normalized spacial score (nSPS) is 16.2. The number of fused-ring (bicyclic) bond motifs is 1. The lowest BCUT2D eigenvalue weighted by molar-refractivity contribution is 0.0295. The first kappa shape index (κ1) is 21.8. The molecular formula is C23H21FN2O5S. The van der Waals surface area contributed by atoms with Gasteiger partial charge in [-0.1, -0.05) is 36.4 Å². The quantitative estimate of drug-likeness (QED) is 0.609. The maximum Gasteiger partial charge on any atom is 0.406 e. The molecule has 0 saturated heterocycles. The number of nitrogens with zero attached hydrogens (tertiary/aromatic N) is 1. The average Bonchev–Trinajstić information content (AvgIpc) is 2.79. The number of carbonyl (C=O) groups is 1. The van der Waals surface area contributed by atoms with Crippen LogP contribution in [-0.4, -0.2) is 25.4 Å². The predicted octanol–water partition coefficient (Wildman–Crippen LogP) is 3.75. The highest BCUT2D eigenvalue weighted by molar-refractivity contribution is 7.89. The first-order chi connectivity index (χ1) is 15.3. The van der Waals surface area contributed by atoms with Gasteiger partial charge in [0, 0.05) is 12.1 Å². The summed E-state index contributed by atoms with van der Waals surface area (Å²) in [6.45, 7) is 0.351. The number of nitrogens with two attached hydrogens (primary N) is 1. The van der Waals surface area contributed by atoms with E-state index in [0.717, 1.165) is 15.4 Å². The minimum atomic E-state index is -3.98. The minimum Gasteiger partial charge on any atom is -0.489 e. The molecule has 9 heteroatoms. The Hall–Kier alpha value is -3.43. The Morgan fingerprint density at radius 1 is 1.03 bits per heavy atom. The largest absolute Gasteiger partial charge is 0.489 e. The third kappa shape index (κ3) is 4.58. The Morgan fingerprint density at radius 2 is 1.72 bits per heavy atom. The summed E-state index contributed by atoms with van der Waals surface area (Å²) in [5.41, 5.74) is 7.47. The van der Waals surface area contributed by atoms with Gasteiger partial charge in [-0.15, -0.1) is 0 Å². The molecule has 3 aromatic carbocycles. The first-order valence-corrected chi connectivity index (χ1v) is 11.3. The molecule has 7 nitrogen and oxygen atoms in total. The molecule has 3 aromatic rings. The number of amides is 1. The average molecular weight is 456 g/mol. The zero-order valence-corrected chi connectivity index (χ0v) is 17.8. The van der Waals surface area contributed by atoms with Gasteiger partial charge < -0.3 is 15.2 Å². The van der Waals surface area contributed by atoms with Crippen molar-refractivity contribution < 1.29 is 27.1 Å². The number of ether oxygens (including phenoxy) is 2.